The van der Waals surface area contributed by atoms with Crippen LogP contribution in [0.5, 0.6) is 0 Å². The van der Waals surface area contributed by atoms with E-state index in [0.717, 1.165) is 24.5 Å². The third kappa shape index (κ3) is 3.71. The van der Waals surface area contributed by atoms with Gasteiger partial charge in [-0.1, -0.05) is 30.5 Å². The zero-order valence-corrected chi connectivity index (χ0v) is 13.3. The molecule has 1 aliphatic carbocycles. The number of aliphatic hydroxyl groups excluding tert-OH is 1. The molecule has 0 spiro atoms. The molecule has 3 rings (SSSR count). The molecule has 1 unspecified atom stereocenters. The second-order valence-electron chi connectivity index (χ2n) is 6.27. The molecule has 3 nitrogen and oxygen atoms in total. The maximum atomic E-state index is 9.75. The average Bonchev–Trinajstić information content (AvgIpc) is 3.32. The van der Waals surface area contributed by atoms with Gasteiger partial charge in [0.2, 0.25) is 0 Å². The van der Waals surface area contributed by atoms with Crippen LogP contribution in [0.1, 0.15) is 44.1 Å². The number of hydrogen-bond donors (Lipinski definition) is 2. The fraction of sp³-hybridized carbons (Fsp3) is 0.647. The van der Waals surface area contributed by atoms with E-state index in [2.05, 4.69) is 16.3 Å². The van der Waals surface area contributed by atoms with Crippen LogP contribution in [-0.4, -0.2) is 30.3 Å². The van der Waals surface area contributed by atoms with Crippen molar-refractivity contribution in [3.8, 4) is 0 Å². The van der Waals surface area contributed by atoms with Crippen molar-refractivity contribution in [1.29, 1.82) is 0 Å². The molecular formula is C17H25ClN2O. The Labute approximate surface area is 132 Å². The van der Waals surface area contributed by atoms with Crippen LogP contribution in [0.25, 0.3) is 0 Å². The molecule has 1 saturated heterocycles. The van der Waals surface area contributed by atoms with Crippen molar-refractivity contribution in [2.24, 2.45) is 0 Å². The normalized spacial score (nSPS) is 23.1. The van der Waals surface area contributed by atoms with Crippen molar-refractivity contribution >= 4 is 17.3 Å². The number of nitrogens with zero attached hydrogens (tertiary/aromatic N) is 1. The number of nitrogens with one attached hydrogen (secondary N) is 1. The summed E-state index contributed by atoms with van der Waals surface area (Å²) in [6, 6.07) is 7.06. The fourth-order valence-corrected chi connectivity index (χ4v) is 3.45. The van der Waals surface area contributed by atoms with E-state index in [-0.39, 0.29) is 12.6 Å². The summed E-state index contributed by atoms with van der Waals surface area (Å²) in [5.41, 5.74) is 2.39. The molecule has 21 heavy (non-hydrogen) atoms. The number of anilines is 1. The molecule has 0 amide bonds. The minimum absolute atomic E-state index is 0.224. The molecule has 1 heterocycles. The van der Waals surface area contributed by atoms with Gasteiger partial charge in [-0.2, -0.15) is 0 Å². The molecule has 0 radical (unpaired) electrons. The fourth-order valence-electron chi connectivity index (χ4n) is 3.21. The summed E-state index contributed by atoms with van der Waals surface area (Å²) in [7, 11) is 0. The summed E-state index contributed by atoms with van der Waals surface area (Å²) >= 11 is 6.46. The summed E-state index contributed by atoms with van der Waals surface area (Å²) < 4.78 is 0. The smallest absolute Gasteiger partial charge is 0.0635 e. The van der Waals surface area contributed by atoms with Crippen molar-refractivity contribution in [2.45, 2.75) is 57.2 Å². The van der Waals surface area contributed by atoms with Crippen molar-refractivity contribution in [3.63, 3.8) is 0 Å². The highest BCUT2D eigenvalue weighted by Crippen LogP contribution is 2.32. The summed E-state index contributed by atoms with van der Waals surface area (Å²) in [6.45, 7) is 2.07. The molecule has 4 heteroatoms. The monoisotopic (exact) mass is 308 g/mol. The molecule has 2 aliphatic rings. The first kappa shape index (κ1) is 15.1. The molecular weight excluding hydrogens is 284 g/mol. The Morgan fingerprint density at radius 2 is 2.05 bits per heavy atom. The van der Waals surface area contributed by atoms with Gasteiger partial charge in [0.05, 0.1) is 12.6 Å². The predicted octanol–water partition coefficient (Wildman–Crippen LogP) is 3.33. The van der Waals surface area contributed by atoms with E-state index in [1.165, 1.54) is 43.4 Å². The predicted molar refractivity (Wildman–Crippen MR) is 88.0 cm³/mol. The molecule has 2 fully saturated rings. The van der Waals surface area contributed by atoms with Gasteiger partial charge in [0.15, 0.2) is 0 Å². The van der Waals surface area contributed by atoms with Crippen LogP contribution in [-0.2, 0) is 6.54 Å². The number of aliphatic hydroxyl groups is 1. The Morgan fingerprint density at radius 1 is 1.19 bits per heavy atom. The zero-order chi connectivity index (χ0) is 14.7. The number of rotatable bonds is 5. The molecule has 1 aliphatic heterocycles. The summed E-state index contributed by atoms with van der Waals surface area (Å²) in [5.74, 6) is 0. The highest BCUT2D eigenvalue weighted by Gasteiger charge is 2.25. The van der Waals surface area contributed by atoms with Gasteiger partial charge < -0.3 is 15.3 Å². The van der Waals surface area contributed by atoms with Gasteiger partial charge in [-0.15, -0.1) is 0 Å². The molecule has 0 aromatic heterocycles. The minimum Gasteiger partial charge on any atom is -0.394 e. The van der Waals surface area contributed by atoms with E-state index in [1.54, 1.807) is 0 Å². The van der Waals surface area contributed by atoms with Gasteiger partial charge >= 0.3 is 0 Å². The summed E-state index contributed by atoms with van der Waals surface area (Å²) in [6.07, 6.45) is 7.28. The number of halogens is 1. The first-order valence-electron chi connectivity index (χ1n) is 8.18. The van der Waals surface area contributed by atoms with E-state index in [1.807, 2.05) is 12.1 Å². The molecule has 0 bridgehead atoms. The van der Waals surface area contributed by atoms with Gasteiger partial charge in [0, 0.05) is 35.4 Å². The standard InChI is InChI=1S/C17H25ClN2O/c18-16-6-4-7-17(15(16)11-19-13-8-9-13)20-10-3-1-2-5-14(20)12-21/h4,6-7,13-14,19,21H,1-3,5,8-12H2. The van der Waals surface area contributed by atoms with Gasteiger partial charge in [-0.05, 0) is 37.8 Å². The topological polar surface area (TPSA) is 35.5 Å². The Morgan fingerprint density at radius 3 is 2.81 bits per heavy atom. The van der Waals surface area contributed by atoms with Crippen LogP contribution in [0.15, 0.2) is 18.2 Å². The van der Waals surface area contributed by atoms with E-state index < -0.39 is 0 Å². The molecule has 1 aromatic rings. The third-order valence-electron chi connectivity index (χ3n) is 4.64. The SMILES string of the molecule is OCC1CCCCCN1c1cccc(Cl)c1CNC1CC1. The Bertz CT molecular complexity index is 476. The second kappa shape index (κ2) is 6.99. The maximum Gasteiger partial charge on any atom is 0.0635 e. The van der Waals surface area contributed by atoms with Crippen LogP contribution >= 0.6 is 11.6 Å². The Balaban J connectivity index is 1.85. The zero-order valence-electron chi connectivity index (χ0n) is 12.5. The third-order valence-corrected chi connectivity index (χ3v) is 4.99. The lowest BCUT2D eigenvalue weighted by atomic mass is 10.1. The van der Waals surface area contributed by atoms with Gasteiger partial charge in [-0.25, -0.2) is 0 Å². The van der Waals surface area contributed by atoms with Gasteiger partial charge in [0.1, 0.15) is 0 Å². The molecule has 2 N–H and O–H groups in total. The highest BCUT2D eigenvalue weighted by molar-refractivity contribution is 6.31. The lowest BCUT2D eigenvalue weighted by molar-refractivity contribution is 0.255. The number of hydrogen-bond acceptors (Lipinski definition) is 3. The molecule has 1 saturated carbocycles. The van der Waals surface area contributed by atoms with E-state index >= 15 is 0 Å². The van der Waals surface area contributed by atoms with Gasteiger partial charge in [-0.3, -0.25) is 0 Å². The van der Waals surface area contributed by atoms with Crippen molar-refractivity contribution in [1.82, 2.24) is 5.32 Å². The minimum atomic E-state index is 0.224. The van der Waals surface area contributed by atoms with Crippen LogP contribution in [0.3, 0.4) is 0 Å². The molecule has 116 valence electrons. The van der Waals surface area contributed by atoms with E-state index in [0.29, 0.717) is 6.04 Å². The quantitative estimate of drug-likeness (QED) is 0.876. The van der Waals surface area contributed by atoms with Crippen molar-refractivity contribution in [2.75, 3.05) is 18.1 Å². The van der Waals surface area contributed by atoms with Crippen molar-refractivity contribution in [3.05, 3.63) is 28.8 Å². The second-order valence-corrected chi connectivity index (χ2v) is 6.68. The maximum absolute atomic E-state index is 9.75. The first-order chi connectivity index (χ1) is 10.3. The van der Waals surface area contributed by atoms with Crippen LogP contribution in [0.2, 0.25) is 5.02 Å². The van der Waals surface area contributed by atoms with Gasteiger partial charge in [0.25, 0.3) is 0 Å². The summed E-state index contributed by atoms with van der Waals surface area (Å²) in [4.78, 5) is 2.38. The number of benzene rings is 1. The molecule has 1 atom stereocenters. The van der Waals surface area contributed by atoms with E-state index in [9.17, 15) is 5.11 Å². The Hall–Kier alpha value is -0.770. The summed E-state index contributed by atoms with van der Waals surface area (Å²) in [5, 5.41) is 14.1. The van der Waals surface area contributed by atoms with Crippen LogP contribution < -0.4 is 10.2 Å². The highest BCUT2D eigenvalue weighted by atomic mass is 35.5. The largest absolute Gasteiger partial charge is 0.394 e. The molecule has 1 aromatic carbocycles. The first-order valence-corrected chi connectivity index (χ1v) is 8.55. The van der Waals surface area contributed by atoms with Crippen molar-refractivity contribution < 1.29 is 5.11 Å². The lowest BCUT2D eigenvalue weighted by Gasteiger charge is -2.33. The van der Waals surface area contributed by atoms with Crippen LogP contribution in [0.4, 0.5) is 5.69 Å². The Kier molecular flexibility index (Phi) is 5.04. The lowest BCUT2D eigenvalue weighted by Crippen LogP contribution is -2.38. The average molecular weight is 309 g/mol. The van der Waals surface area contributed by atoms with E-state index in [4.69, 9.17) is 11.6 Å². The van der Waals surface area contributed by atoms with Crippen LogP contribution in [0, 0.1) is 0 Å².